The number of nitrogens with two attached hydrogens (primary N) is 1. The van der Waals surface area contributed by atoms with Crippen molar-refractivity contribution in [1.29, 1.82) is 0 Å². The van der Waals surface area contributed by atoms with Crippen LogP contribution in [-0.4, -0.2) is 20.2 Å². The van der Waals surface area contributed by atoms with Gasteiger partial charge in [0.1, 0.15) is 0 Å². The summed E-state index contributed by atoms with van der Waals surface area (Å²) in [5, 5.41) is 9.61. The number of rotatable bonds is 1. The molecule has 1 aromatic heterocycles. The van der Waals surface area contributed by atoms with Crippen LogP contribution in [0.5, 0.6) is 0 Å². The average Bonchev–Trinajstić information content (AvgIpc) is 2.72. The molecule has 0 atom stereocenters. The molecule has 2 aromatic rings. The van der Waals surface area contributed by atoms with Gasteiger partial charge in [0.2, 0.25) is 5.95 Å². The van der Waals surface area contributed by atoms with Gasteiger partial charge in [-0.1, -0.05) is 5.10 Å². The average molecular weight is 297 g/mol. The summed E-state index contributed by atoms with van der Waals surface area (Å²) in [6.45, 7) is 0. The van der Waals surface area contributed by atoms with Crippen LogP contribution in [0.25, 0.3) is 5.69 Å². The highest BCUT2D eigenvalue weighted by Crippen LogP contribution is 2.41. The van der Waals surface area contributed by atoms with Crippen molar-refractivity contribution in [3.63, 3.8) is 0 Å². The molecule has 0 aliphatic rings. The maximum Gasteiger partial charge on any atom is 0.417 e. The molecule has 0 saturated carbocycles. The maximum absolute atomic E-state index is 12.7. The Balaban J connectivity index is 2.64. The molecule has 2 rings (SSSR count). The van der Waals surface area contributed by atoms with Crippen molar-refractivity contribution in [2.24, 2.45) is 0 Å². The second-order valence-corrected chi connectivity index (χ2v) is 3.67. The molecule has 0 aliphatic heterocycles. The topological polar surface area (TPSA) is 69.6 Å². The van der Waals surface area contributed by atoms with Gasteiger partial charge in [0.25, 0.3) is 0 Å². The Kier molecular flexibility index (Phi) is 3.07. The van der Waals surface area contributed by atoms with Crippen LogP contribution in [0.2, 0.25) is 0 Å². The van der Waals surface area contributed by atoms with Gasteiger partial charge < -0.3 is 5.73 Å². The van der Waals surface area contributed by atoms with Crippen LogP contribution in [0.15, 0.2) is 18.2 Å². The van der Waals surface area contributed by atoms with Crippen LogP contribution in [0, 0.1) is 0 Å². The van der Waals surface area contributed by atoms with Gasteiger partial charge in [0.15, 0.2) is 0 Å². The molecule has 0 saturated heterocycles. The van der Waals surface area contributed by atoms with E-state index in [1.54, 1.807) is 0 Å². The van der Waals surface area contributed by atoms with Crippen LogP contribution < -0.4 is 5.73 Å². The van der Waals surface area contributed by atoms with Gasteiger partial charge in [-0.15, -0.1) is 0 Å². The highest BCUT2D eigenvalue weighted by Gasteiger charge is 2.43. The van der Waals surface area contributed by atoms with E-state index in [4.69, 9.17) is 5.73 Å². The van der Waals surface area contributed by atoms with Crippen molar-refractivity contribution in [3.05, 3.63) is 29.3 Å². The van der Waals surface area contributed by atoms with E-state index in [2.05, 4.69) is 15.5 Å². The van der Waals surface area contributed by atoms with Crippen LogP contribution >= 0.6 is 0 Å². The number of hydrogen-bond donors (Lipinski definition) is 1. The van der Waals surface area contributed by atoms with E-state index in [1.165, 1.54) is 0 Å². The number of halogens is 6. The first-order chi connectivity index (χ1) is 9.10. The molecular weight excluding hydrogens is 292 g/mol. The number of anilines is 1. The van der Waals surface area contributed by atoms with Crippen LogP contribution in [0.4, 0.5) is 32.3 Å². The van der Waals surface area contributed by atoms with Crippen molar-refractivity contribution >= 4 is 5.95 Å². The lowest BCUT2D eigenvalue weighted by atomic mass is 10.1. The molecule has 5 nitrogen and oxygen atoms in total. The summed E-state index contributed by atoms with van der Waals surface area (Å²) >= 11 is 0. The van der Waals surface area contributed by atoms with E-state index in [0.717, 1.165) is 6.07 Å². The van der Waals surface area contributed by atoms with Gasteiger partial charge in [0.05, 0.1) is 16.8 Å². The first kappa shape index (κ1) is 14.1. The Labute approximate surface area is 107 Å². The number of alkyl halides is 6. The SMILES string of the molecule is Nc1nnnn1-c1ccc(C(F)(F)F)c(C(F)(F)F)c1. The fraction of sp³-hybridized carbons (Fsp3) is 0.222. The lowest BCUT2D eigenvalue weighted by molar-refractivity contribution is -0.162. The van der Waals surface area contributed by atoms with Gasteiger partial charge in [-0.2, -0.15) is 31.0 Å². The quantitative estimate of drug-likeness (QED) is 0.820. The van der Waals surface area contributed by atoms with E-state index < -0.39 is 23.5 Å². The summed E-state index contributed by atoms with van der Waals surface area (Å²) < 4.78 is 76.5. The van der Waals surface area contributed by atoms with Crippen molar-refractivity contribution in [1.82, 2.24) is 20.2 Å². The van der Waals surface area contributed by atoms with Crippen molar-refractivity contribution in [3.8, 4) is 5.69 Å². The minimum Gasteiger partial charge on any atom is -0.366 e. The first-order valence-electron chi connectivity index (χ1n) is 4.93. The zero-order valence-corrected chi connectivity index (χ0v) is 9.37. The maximum atomic E-state index is 12.7. The van der Waals surface area contributed by atoms with Gasteiger partial charge in [0, 0.05) is 0 Å². The Bertz CT molecular complexity index is 628. The minimum absolute atomic E-state index is 0.287. The van der Waals surface area contributed by atoms with E-state index in [9.17, 15) is 26.3 Å². The minimum atomic E-state index is -5.18. The third kappa shape index (κ3) is 2.51. The second-order valence-electron chi connectivity index (χ2n) is 3.67. The molecule has 108 valence electrons. The predicted octanol–water partition coefficient (Wildman–Crippen LogP) is 2.28. The van der Waals surface area contributed by atoms with E-state index in [0.29, 0.717) is 10.7 Å². The molecule has 0 radical (unpaired) electrons. The summed E-state index contributed by atoms with van der Waals surface area (Å²) in [6, 6.07) is 1.39. The lowest BCUT2D eigenvalue weighted by Gasteiger charge is -2.16. The first-order valence-corrected chi connectivity index (χ1v) is 4.93. The summed E-state index contributed by atoms with van der Waals surface area (Å²) in [6.07, 6.45) is -10.3. The Hall–Kier alpha value is -2.33. The van der Waals surface area contributed by atoms with Crippen LogP contribution in [0.3, 0.4) is 0 Å². The van der Waals surface area contributed by atoms with E-state index in [1.807, 2.05) is 0 Å². The summed E-state index contributed by atoms with van der Waals surface area (Å²) in [7, 11) is 0. The largest absolute Gasteiger partial charge is 0.417 e. The summed E-state index contributed by atoms with van der Waals surface area (Å²) in [4.78, 5) is 0. The van der Waals surface area contributed by atoms with Crippen molar-refractivity contribution in [2.45, 2.75) is 12.4 Å². The molecule has 0 spiro atoms. The number of aromatic nitrogens is 4. The Morgan fingerprint density at radius 1 is 0.950 bits per heavy atom. The zero-order chi connectivity index (χ0) is 15.1. The van der Waals surface area contributed by atoms with E-state index >= 15 is 0 Å². The molecule has 0 unspecified atom stereocenters. The zero-order valence-electron chi connectivity index (χ0n) is 9.37. The fourth-order valence-corrected chi connectivity index (χ4v) is 1.52. The third-order valence-electron chi connectivity index (χ3n) is 2.35. The molecule has 0 aliphatic carbocycles. The van der Waals surface area contributed by atoms with Crippen LogP contribution in [-0.2, 0) is 12.4 Å². The molecular formula is C9H5F6N5. The highest BCUT2D eigenvalue weighted by atomic mass is 19.4. The molecule has 0 bridgehead atoms. The molecule has 20 heavy (non-hydrogen) atoms. The third-order valence-corrected chi connectivity index (χ3v) is 2.35. The Morgan fingerprint density at radius 3 is 2.00 bits per heavy atom. The molecule has 2 N–H and O–H groups in total. The van der Waals surface area contributed by atoms with Gasteiger partial charge in [-0.05, 0) is 28.6 Å². The summed E-state index contributed by atoms with van der Waals surface area (Å²) in [5.41, 5.74) is 1.33. The van der Waals surface area contributed by atoms with Gasteiger partial charge in [-0.3, -0.25) is 0 Å². The lowest BCUT2D eigenvalue weighted by Crippen LogP contribution is -2.17. The monoisotopic (exact) mass is 297 g/mol. The molecule has 1 aromatic carbocycles. The number of benzene rings is 1. The number of nitrogen functional groups attached to an aromatic ring is 1. The smallest absolute Gasteiger partial charge is 0.366 e. The molecule has 0 fully saturated rings. The van der Waals surface area contributed by atoms with Crippen molar-refractivity contribution < 1.29 is 26.3 Å². The molecule has 0 amide bonds. The number of tetrazole rings is 1. The number of nitrogens with zero attached hydrogens (tertiary/aromatic N) is 4. The predicted molar refractivity (Wildman–Crippen MR) is 53.6 cm³/mol. The summed E-state index contributed by atoms with van der Waals surface area (Å²) in [5.74, 6) is -0.349. The standard InChI is InChI=1S/C9H5F6N5/c10-8(11,12)5-2-1-4(3-6(5)9(13,14)15)20-7(16)17-18-19-20/h1-3H,(H2,16,17,19). The molecule has 1 heterocycles. The van der Waals surface area contributed by atoms with Crippen molar-refractivity contribution in [2.75, 3.05) is 5.73 Å². The normalized spacial score (nSPS) is 12.7. The fourth-order valence-electron chi connectivity index (χ4n) is 1.52. The van der Waals surface area contributed by atoms with Crippen LogP contribution in [0.1, 0.15) is 11.1 Å². The Morgan fingerprint density at radius 2 is 1.55 bits per heavy atom. The van der Waals surface area contributed by atoms with Gasteiger partial charge >= 0.3 is 12.4 Å². The molecule has 11 heteroatoms. The van der Waals surface area contributed by atoms with Gasteiger partial charge in [-0.25, -0.2) is 0 Å². The van der Waals surface area contributed by atoms with E-state index in [-0.39, 0.29) is 17.7 Å². The number of hydrogen-bond acceptors (Lipinski definition) is 4. The highest BCUT2D eigenvalue weighted by molar-refractivity contribution is 5.45. The second kappa shape index (κ2) is 4.35.